The van der Waals surface area contributed by atoms with Crippen LogP contribution in [0.15, 0.2) is 28.9 Å². The lowest BCUT2D eigenvalue weighted by Crippen LogP contribution is -2.19. The summed E-state index contributed by atoms with van der Waals surface area (Å²) in [4.78, 5) is 15.5. The van der Waals surface area contributed by atoms with Crippen molar-refractivity contribution in [2.24, 2.45) is 0 Å². The Morgan fingerprint density at radius 3 is 2.95 bits per heavy atom. The fourth-order valence-electron chi connectivity index (χ4n) is 1.85. The second kappa shape index (κ2) is 6.19. The van der Waals surface area contributed by atoms with Crippen LogP contribution in [0.3, 0.4) is 0 Å². The highest BCUT2D eigenvalue weighted by Crippen LogP contribution is 2.28. The van der Waals surface area contributed by atoms with E-state index < -0.39 is 5.97 Å². The smallest absolute Gasteiger partial charge is 0.339 e. The van der Waals surface area contributed by atoms with E-state index in [-0.39, 0.29) is 11.7 Å². The summed E-state index contributed by atoms with van der Waals surface area (Å²) in [6, 6.07) is 5.57. The van der Waals surface area contributed by atoms with Crippen molar-refractivity contribution < 1.29 is 14.6 Å². The molecule has 1 atom stereocenters. The van der Waals surface area contributed by atoms with E-state index in [1.165, 1.54) is 6.20 Å². The minimum atomic E-state index is -1.01. The fraction of sp³-hybridized carbons (Fsp3) is 0.286. The number of benzene rings is 1. The molecule has 1 aromatic heterocycles. The maximum Gasteiger partial charge on any atom is 0.339 e. The van der Waals surface area contributed by atoms with Gasteiger partial charge in [-0.1, -0.05) is 15.9 Å². The number of hydrogen-bond acceptors (Lipinski definition) is 4. The number of carbonyl (C=O) groups is 1. The summed E-state index contributed by atoms with van der Waals surface area (Å²) in [5.74, 6) is -1.01. The van der Waals surface area contributed by atoms with Crippen molar-refractivity contribution in [3.8, 4) is 0 Å². The summed E-state index contributed by atoms with van der Waals surface area (Å²) in [5.41, 5.74) is 1.46. The van der Waals surface area contributed by atoms with Crippen LogP contribution in [-0.4, -0.2) is 35.8 Å². The fourth-order valence-corrected chi connectivity index (χ4v) is 2.21. The highest BCUT2D eigenvalue weighted by atomic mass is 79.9. The van der Waals surface area contributed by atoms with Gasteiger partial charge >= 0.3 is 5.97 Å². The van der Waals surface area contributed by atoms with Gasteiger partial charge in [0.2, 0.25) is 0 Å². The Hall–Kier alpha value is -1.66. The van der Waals surface area contributed by atoms with Crippen molar-refractivity contribution in [3.63, 3.8) is 0 Å². The Balaban J connectivity index is 2.52. The van der Waals surface area contributed by atoms with Gasteiger partial charge in [0.15, 0.2) is 0 Å². The second-order valence-electron chi connectivity index (χ2n) is 4.44. The third-order valence-electron chi connectivity index (χ3n) is 3.03. The molecule has 1 aromatic carbocycles. The zero-order valence-corrected chi connectivity index (χ0v) is 12.8. The quantitative estimate of drug-likeness (QED) is 0.876. The zero-order valence-electron chi connectivity index (χ0n) is 11.2. The van der Waals surface area contributed by atoms with Gasteiger partial charge in [-0.2, -0.15) is 0 Å². The standard InChI is InChI=1S/C14H15BrN2O3/c1-8(20-2)6-17-13-10-5-9(15)3-4-12(10)16-7-11(13)14(18)19/h3-5,7-8H,6H2,1-2H3,(H,16,17)(H,18,19). The Kier molecular flexibility index (Phi) is 4.57. The highest BCUT2D eigenvalue weighted by Gasteiger charge is 2.15. The summed E-state index contributed by atoms with van der Waals surface area (Å²) in [5, 5.41) is 13.2. The molecular formula is C14H15BrN2O3. The summed E-state index contributed by atoms with van der Waals surface area (Å²) in [6.45, 7) is 2.43. The van der Waals surface area contributed by atoms with E-state index in [1.807, 2.05) is 25.1 Å². The number of pyridine rings is 1. The van der Waals surface area contributed by atoms with Crippen molar-refractivity contribution in [1.29, 1.82) is 0 Å². The number of nitrogens with one attached hydrogen (secondary N) is 1. The van der Waals surface area contributed by atoms with Crippen LogP contribution in [0.4, 0.5) is 5.69 Å². The highest BCUT2D eigenvalue weighted by molar-refractivity contribution is 9.10. The molecule has 0 fully saturated rings. The minimum absolute atomic E-state index is 0.0213. The van der Waals surface area contributed by atoms with E-state index in [0.29, 0.717) is 12.2 Å². The van der Waals surface area contributed by atoms with Crippen LogP contribution < -0.4 is 5.32 Å². The van der Waals surface area contributed by atoms with E-state index in [4.69, 9.17) is 4.74 Å². The van der Waals surface area contributed by atoms with Crippen LogP contribution in [0.5, 0.6) is 0 Å². The number of carboxylic acid groups (broad SMARTS) is 1. The lowest BCUT2D eigenvalue weighted by molar-refractivity contribution is 0.0697. The molecule has 0 spiro atoms. The molecule has 106 valence electrons. The largest absolute Gasteiger partial charge is 0.478 e. The number of aromatic nitrogens is 1. The van der Waals surface area contributed by atoms with Gasteiger partial charge in [-0.15, -0.1) is 0 Å². The first-order valence-corrected chi connectivity index (χ1v) is 6.90. The molecule has 1 heterocycles. The molecular weight excluding hydrogens is 324 g/mol. The monoisotopic (exact) mass is 338 g/mol. The first-order chi connectivity index (χ1) is 9.52. The number of halogens is 1. The number of rotatable bonds is 5. The number of ether oxygens (including phenoxy) is 1. The Bertz CT molecular complexity index is 646. The topological polar surface area (TPSA) is 71.5 Å². The molecule has 5 nitrogen and oxygen atoms in total. The van der Waals surface area contributed by atoms with Crippen molar-refractivity contribution in [1.82, 2.24) is 4.98 Å². The van der Waals surface area contributed by atoms with Crippen LogP contribution in [0, 0.1) is 0 Å². The number of anilines is 1. The SMILES string of the molecule is COC(C)CNc1c(C(=O)O)cnc2ccc(Br)cc12. The second-order valence-corrected chi connectivity index (χ2v) is 5.36. The molecule has 6 heteroatoms. The summed E-state index contributed by atoms with van der Waals surface area (Å²) in [6.07, 6.45) is 1.35. The predicted molar refractivity (Wildman–Crippen MR) is 81.4 cm³/mol. The average Bonchev–Trinajstić information content (AvgIpc) is 2.43. The van der Waals surface area contributed by atoms with Crippen molar-refractivity contribution >= 4 is 38.5 Å². The molecule has 20 heavy (non-hydrogen) atoms. The molecule has 0 bridgehead atoms. The Labute approximate surface area is 125 Å². The van der Waals surface area contributed by atoms with Crippen LogP contribution in [0.25, 0.3) is 10.9 Å². The molecule has 0 aliphatic rings. The molecule has 0 amide bonds. The number of methoxy groups -OCH3 is 1. The van der Waals surface area contributed by atoms with E-state index >= 15 is 0 Å². The zero-order chi connectivity index (χ0) is 14.7. The average molecular weight is 339 g/mol. The third kappa shape index (κ3) is 3.08. The summed E-state index contributed by atoms with van der Waals surface area (Å²) in [7, 11) is 1.62. The van der Waals surface area contributed by atoms with E-state index in [2.05, 4.69) is 26.2 Å². The van der Waals surface area contributed by atoms with Gasteiger partial charge in [0, 0.05) is 29.7 Å². The maximum atomic E-state index is 11.3. The van der Waals surface area contributed by atoms with E-state index in [9.17, 15) is 9.90 Å². The van der Waals surface area contributed by atoms with E-state index in [0.717, 1.165) is 15.4 Å². The van der Waals surface area contributed by atoms with Gasteiger partial charge in [-0.3, -0.25) is 4.98 Å². The molecule has 1 unspecified atom stereocenters. The third-order valence-corrected chi connectivity index (χ3v) is 3.52. The number of aromatic carboxylic acids is 1. The number of hydrogen-bond donors (Lipinski definition) is 2. The van der Waals surface area contributed by atoms with Crippen LogP contribution in [0.1, 0.15) is 17.3 Å². The van der Waals surface area contributed by atoms with Gasteiger partial charge in [-0.05, 0) is 25.1 Å². The molecule has 0 saturated carbocycles. The molecule has 0 saturated heterocycles. The predicted octanol–water partition coefficient (Wildman–Crippen LogP) is 3.14. The van der Waals surface area contributed by atoms with Crippen LogP contribution in [-0.2, 0) is 4.74 Å². The minimum Gasteiger partial charge on any atom is -0.478 e. The molecule has 2 rings (SSSR count). The Morgan fingerprint density at radius 2 is 2.30 bits per heavy atom. The van der Waals surface area contributed by atoms with Crippen molar-refractivity contribution in [3.05, 3.63) is 34.4 Å². The first kappa shape index (κ1) is 14.7. The number of nitrogens with zero attached hydrogens (tertiary/aromatic N) is 1. The molecule has 0 radical (unpaired) electrons. The van der Waals surface area contributed by atoms with Gasteiger partial charge in [-0.25, -0.2) is 4.79 Å². The first-order valence-electron chi connectivity index (χ1n) is 6.11. The van der Waals surface area contributed by atoms with Gasteiger partial charge in [0.05, 0.1) is 17.3 Å². The van der Waals surface area contributed by atoms with E-state index in [1.54, 1.807) is 7.11 Å². The van der Waals surface area contributed by atoms with Crippen molar-refractivity contribution in [2.45, 2.75) is 13.0 Å². The number of fused-ring (bicyclic) bond motifs is 1. The van der Waals surface area contributed by atoms with Crippen LogP contribution in [0.2, 0.25) is 0 Å². The number of carboxylic acids is 1. The van der Waals surface area contributed by atoms with Gasteiger partial charge in [0.25, 0.3) is 0 Å². The normalized spacial score (nSPS) is 12.3. The summed E-state index contributed by atoms with van der Waals surface area (Å²) >= 11 is 3.39. The summed E-state index contributed by atoms with van der Waals surface area (Å²) < 4.78 is 6.05. The lowest BCUT2D eigenvalue weighted by Gasteiger charge is -2.15. The molecule has 2 N–H and O–H groups in total. The van der Waals surface area contributed by atoms with Crippen molar-refractivity contribution in [2.75, 3.05) is 19.0 Å². The van der Waals surface area contributed by atoms with Gasteiger partial charge < -0.3 is 15.2 Å². The van der Waals surface area contributed by atoms with Crippen LogP contribution >= 0.6 is 15.9 Å². The Morgan fingerprint density at radius 1 is 1.55 bits per heavy atom. The lowest BCUT2D eigenvalue weighted by atomic mass is 10.1. The molecule has 0 aliphatic heterocycles. The molecule has 2 aromatic rings. The van der Waals surface area contributed by atoms with Gasteiger partial charge in [0.1, 0.15) is 5.56 Å². The maximum absolute atomic E-state index is 11.3. The molecule has 0 aliphatic carbocycles.